The number of hydrogen-bond acceptors (Lipinski definition) is 4. The summed E-state index contributed by atoms with van der Waals surface area (Å²) < 4.78 is 31.8. The van der Waals surface area contributed by atoms with E-state index in [-0.39, 0.29) is 5.25 Å². The molecule has 120 valence electrons. The molecule has 0 radical (unpaired) electrons. The van der Waals surface area contributed by atoms with E-state index in [0.717, 1.165) is 38.8 Å². The Labute approximate surface area is 124 Å². The Balaban J connectivity index is 2.08. The summed E-state index contributed by atoms with van der Waals surface area (Å²) in [5.74, 6) is 0.596. The van der Waals surface area contributed by atoms with E-state index < -0.39 is 10.0 Å². The topological polar surface area (TPSA) is 58.6 Å². The van der Waals surface area contributed by atoms with Crippen molar-refractivity contribution in [3.05, 3.63) is 0 Å². The highest BCUT2D eigenvalue weighted by molar-refractivity contribution is 7.90. The maximum absolute atomic E-state index is 12.0. The summed E-state index contributed by atoms with van der Waals surface area (Å²) >= 11 is 0. The lowest BCUT2D eigenvalue weighted by Gasteiger charge is -2.39. The molecule has 0 bridgehead atoms. The van der Waals surface area contributed by atoms with Crippen LogP contribution < -0.4 is 4.72 Å². The smallest absolute Gasteiger partial charge is 0.217 e. The van der Waals surface area contributed by atoms with E-state index in [2.05, 4.69) is 23.5 Å². The van der Waals surface area contributed by atoms with Crippen LogP contribution in [-0.4, -0.2) is 58.5 Å². The van der Waals surface area contributed by atoms with Crippen LogP contribution >= 0.6 is 0 Å². The van der Waals surface area contributed by atoms with Crippen molar-refractivity contribution in [2.45, 2.75) is 44.8 Å². The summed E-state index contributed by atoms with van der Waals surface area (Å²) in [6, 6.07) is 0. The second-order valence-corrected chi connectivity index (χ2v) is 8.13. The zero-order chi connectivity index (χ0) is 15.0. The zero-order valence-electron chi connectivity index (χ0n) is 13.1. The number of likely N-dealkylation sites (tertiary alicyclic amines) is 1. The van der Waals surface area contributed by atoms with Crippen molar-refractivity contribution in [1.82, 2.24) is 9.62 Å². The lowest BCUT2D eigenvalue weighted by Crippen LogP contribution is -2.58. The first-order chi connectivity index (χ1) is 9.45. The summed E-state index contributed by atoms with van der Waals surface area (Å²) in [6.07, 6.45) is 4.11. The van der Waals surface area contributed by atoms with Gasteiger partial charge in [-0.15, -0.1) is 0 Å². The number of sulfonamides is 1. The molecule has 0 aromatic rings. The van der Waals surface area contributed by atoms with Crippen molar-refractivity contribution in [2.24, 2.45) is 5.92 Å². The Bertz CT molecular complexity index is 351. The Morgan fingerprint density at radius 2 is 1.85 bits per heavy atom. The molecule has 0 saturated carbocycles. The van der Waals surface area contributed by atoms with Crippen LogP contribution in [-0.2, 0) is 14.8 Å². The third kappa shape index (κ3) is 6.52. The van der Waals surface area contributed by atoms with Gasteiger partial charge >= 0.3 is 0 Å². The van der Waals surface area contributed by atoms with Gasteiger partial charge in [0, 0.05) is 39.9 Å². The van der Waals surface area contributed by atoms with Crippen LogP contribution in [0.1, 0.15) is 39.5 Å². The number of hydrogen-bond donors (Lipinski definition) is 1. The maximum Gasteiger partial charge on any atom is 0.217 e. The number of nitrogens with one attached hydrogen (secondary N) is 1. The number of rotatable bonds is 11. The van der Waals surface area contributed by atoms with E-state index in [4.69, 9.17) is 4.74 Å². The van der Waals surface area contributed by atoms with Gasteiger partial charge in [-0.3, -0.25) is 0 Å². The normalized spacial score (nSPS) is 17.6. The Hall–Kier alpha value is -0.170. The maximum atomic E-state index is 12.0. The average molecular weight is 306 g/mol. The van der Waals surface area contributed by atoms with Crippen molar-refractivity contribution in [3.8, 4) is 0 Å². The van der Waals surface area contributed by atoms with E-state index in [1.165, 1.54) is 0 Å². The van der Waals surface area contributed by atoms with Crippen LogP contribution in [0.4, 0.5) is 0 Å². The predicted molar refractivity (Wildman–Crippen MR) is 82.3 cm³/mol. The molecule has 0 spiro atoms. The molecule has 0 unspecified atom stereocenters. The highest BCUT2D eigenvalue weighted by Crippen LogP contribution is 2.16. The molecule has 20 heavy (non-hydrogen) atoms. The molecular formula is C14H30N2O3S. The number of ether oxygens (including phenoxy) is 1. The lowest BCUT2D eigenvalue weighted by atomic mass is 10.1. The van der Waals surface area contributed by atoms with Gasteiger partial charge in [0.1, 0.15) is 5.25 Å². The van der Waals surface area contributed by atoms with Gasteiger partial charge in [-0.2, -0.15) is 0 Å². The predicted octanol–water partition coefficient (Wildman–Crippen LogP) is 1.45. The minimum Gasteiger partial charge on any atom is -0.385 e. The van der Waals surface area contributed by atoms with Gasteiger partial charge in [-0.05, 0) is 18.8 Å². The van der Waals surface area contributed by atoms with Gasteiger partial charge < -0.3 is 9.64 Å². The Kier molecular flexibility index (Phi) is 8.02. The molecule has 1 N–H and O–H groups in total. The molecule has 6 heteroatoms. The molecule has 1 rings (SSSR count). The number of unbranched alkanes of at least 4 members (excludes halogenated alkanes) is 3. The fourth-order valence-electron chi connectivity index (χ4n) is 2.44. The first-order valence-electron chi connectivity index (χ1n) is 7.65. The second kappa shape index (κ2) is 8.97. The highest BCUT2D eigenvalue weighted by atomic mass is 32.2. The van der Waals surface area contributed by atoms with Crippen molar-refractivity contribution >= 4 is 10.0 Å². The van der Waals surface area contributed by atoms with Gasteiger partial charge in [-0.25, -0.2) is 13.1 Å². The lowest BCUT2D eigenvalue weighted by molar-refractivity contribution is 0.164. The van der Waals surface area contributed by atoms with Crippen LogP contribution in [0, 0.1) is 5.92 Å². The van der Waals surface area contributed by atoms with E-state index in [1.54, 1.807) is 7.11 Å². The molecule has 1 aliphatic rings. The first-order valence-corrected chi connectivity index (χ1v) is 9.20. The van der Waals surface area contributed by atoms with Gasteiger partial charge in [-0.1, -0.05) is 26.7 Å². The molecule has 5 nitrogen and oxygen atoms in total. The molecule has 0 aromatic carbocycles. The summed E-state index contributed by atoms with van der Waals surface area (Å²) in [6.45, 7) is 8.02. The summed E-state index contributed by atoms with van der Waals surface area (Å²) in [5.41, 5.74) is 0. The van der Waals surface area contributed by atoms with Crippen molar-refractivity contribution in [3.63, 3.8) is 0 Å². The van der Waals surface area contributed by atoms with Crippen LogP contribution in [0.15, 0.2) is 0 Å². The van der Waals surface area contributed by atoms with Gasteiger partial charge in [0.2, 0.25) is 10.0 Å². The number of nitrogens with zero attached hydrogens (tertiary/aromatic N) is 1. The molecule has 0 atom stereocenters. The van der Waals surface area contributed by atoms with Crippen molar-refractivity contribution in [1.29, 1.82) is 0 Å². The minimum atomic E-state index is -3.11. The molecule has 0 aliphatic carbocycles. The first kappa shape index (κ1) is 17.9. The molecular weight excluding hydrogens is 276 g/mol. The Morgan fingerprint density at radius 3 is 2.45 bits per heavy atom. The van der Waals surface area contributed by atoms with Gasteiger partial charge in [0.15, 0.2) is 0 Å². The van der Waals surface area contributed by atoms with Gasteiger partial charge in [0.05, 0.1) is 0 Å². The Morgan fingerprint density at radius 1 is 1.20 bits per heavy atom. The molecule has 1 fully saturated rings. The van der Waals surface area contributed by atoms with E-state index in [0.29, 0.717) is 25.6 Å². The van der Waals surface area contributed by atoms with Crippen LogP contribution in [0.2, 0.25) is 0 Å². The molecule has 0 aromatic heterocycles. The number of methoxy groups -OCH3 is 1. The van der Waals surface area contributed by atoms with E-state index >= 15 is 0 Å². The third-order valence-electron chi connectivity index (χ3n) is 3.56. The monoisotopic (exact) mass is 306 g/mol. The molecule has 1 aliphatic heterocycles. The fraction of sp³-hybridized carbons (Fsp3) is 1.00. The van der Waals surface area contributed by atoms with Gasteiger partial charge in [0.25, 0.3) is 0 Å². The third-order valence-corrected chi connectivity index (χ3v) is 5.35. The molecule has 0 amide bonds. The second-order valence-electron chi connectivity index (χ2n) is 6.08. The summed E-state index contributed by atoms with van der Waals surface area (Å²) in [4.78, 5) is 2.21. The quantitative estimate of drug-likeness (QED) is 0.587. The standard InChI is InChI=1S/C14H30N2O3S/c1-13(2)10-16-11-14(12-16)20(17,18)15-8-6-4-5-7-9-19-3/h13-15H,4-12H2,1-3H3. The van der Waals surface area contributed by atoms with Crippen LogP contribution in [0.25, 0.3) is 0 Å². The largest absolute Gasteiger partial charge is 0.385 e. The minimum absolute atomic E-state index is 0.213. The van der Waals surface area contributed by atoms with Crippen LogP contribution in [0.5, 0.6) is 0 Å². The SMILES string of the molecule is COCCCCCCNS(=O)(=O)C1CN(CC(C)C)C1. The van der Waals surface area contributed by atoms with Crippen molar-refractivity contribution in [2.75, 3.05) is 39.9 Å². The highest BCUT2D eigenvalue weighted by Gasteiger charge is 2.36. The molecule has 1 heterocycles. The van der Waals surface area contributed by atoms with Crippen LogP contribution in [0.3, 0.4) is 0 Å². The van der Waals surface area contributed by atoms with Crippen molar-refractivity contribution < 1.29 is 13.2 Å². The summed E-state index contributed by atoms with van der Waals surface area (Å²) in [7, 11) is -1.40. The average Bonchev–Trinajstić information content (AvgIpc) is 2.31. The molecule has 1 saturated heterocycles. The van der Waals surface area contributed by atoms with E-state index in [9.17, 15) is 8.42 Å². The zero-order valence-corrected chi connectivity index (χ0v) is 13.9. The summed E-state index contributed by atoms with van der Waals surface area (Å²) in [5, 5.41) is -0.213. The van der Waals surface area contributed by atoms with E-state index in [1.807, 2.05) is 0 Å². The fourth-order valence-corrected chi connectivity index (χ4v) is 3.92.